The molecular weight excluding hydrogens is 270 g/mol. The number of rotatable bonds is 4. The molecule has 0 unspecified atom stereocenters. The van der Waals surface area contributed by atoms with Gasteiger partial charge in [0.15, 0.2) is 23.1 Å². The van der Waals surface area contributed by atoms with Crippen molar-refractivity contribution in [2.75, 3.05) is 12.3 Å². The van der Waals surface area contributed by atoms with E-state index in [1.807, 2.05) is 0 Å². The van der Waals surface area contributed by atoms with Crippen LogP contribution < -0.4 is 5.73 Å². The zero-order chi connectivity index (χ0) is 14.9. The zero-order valence-corrected chi connectivity index (χ0v) is 10.2. The van der Waals surface area contributed by atoms with E-state index in [-0.39, 0.29) is 17.0 Å². The molecule has 2 aromatic rings. The standard InChI is InChI=1S/C10H13N5O5/c11-8-5-9(13-2-12-8)15(3-14-5)10(20)7(19)6(18)4(17)1-16/h2-4,6-7,16-19H,1H2,(H2,11,12,13)/t4-,6-,7-/m1/s1. The lowest BCUT2D eigenvalue weighted by atomic mass is 10.1. The van der Waals surface area contributed by atoms with Gasteiger partial charge in [0.1, 0.15) is 24.9 Å². The normalized spacial score (nSPS) is 16.0. The monoisotopic (exact) mass is 283 g/mol. The molecule has 10 heteroatoms. The van der Waals surface area contributed by atoms with Crippen molar-refractivity contribution in [3.05, 3.63) is 12.7 Å². The molecular formula is C10H13N5O5. The van der Waals surface area contributed by atoms with Crippen molar-refractivity contribution in [2.45, 2.75) is 18.3 Å². The molecule has 0 saturated heterocycles. The van der Waals surface area contributed by atoms with Gasteiger partial charge in [-0.3, -0.25) is 9.36 Å². The van der Waals surface area contributed by atoms with E-state index in [4.69, 9.17) is 10.8 Å². The number of aromatic nitrogens is 4. The molecule has 0 aliphatic carbocycles. The number of fused-ring (bicyclic) bond motifs is 1. The summed E-state index contributed by atoms with van der Waals surface area (Å²) in [5, 5.41) is 37.1. The minimum absolute atomic E-state index is 0.0620. The third-order valence-corrected chi connectivity index (χ3v) is 2.76. The van der Waals surface area contributed by atoms with Crippen LogP contribution in [0.4, 0.5) is 5.82 Å². The maximum atomic E-state index is 12.0. The fourth-order valence-corrected chi connectivity index (χ4v) is 1.62. The van der Waals surface area contributed by atoms with Gasteiger partial charge in [0.2, 0.25) is 0 Å². The largest absolute Gasteiger partial charge is 0.394 e. The Morgan fingerprint density at radius 3 is 2.65 bits per heavy atom. The van der Waals surface area contributed by atoms with E-state index in [1.165, 1.54) is 0 Å². The first-order valence-electron chi connectivity index (χ1n) is 5.60. The SMILES string of the molecule is Nc1ncnc2c1ncn2C(=O)[C@H](O)[C@H](O)[C@H](O)CO. The fraction of sp³-hybridized carbons (Fsp3) is 0.400. The molecule has 2 aromatic heterocycles. The van der Waals surface area contributed by atoms with Crippen molar-refractivity contribution < 1.29 is 25.2 Å². The molecule has 0 aliphatic rings. The van der Waals surface area contributed by atoms with Gasteiger partial charge in [-0.25, -0.2) is 15.0 Å². The Morgan fingerprint density at radius 2 is 2.00 bits per heavy atom. The van der Waals surface area contributed by atoms with Gasteiger partial charge in [0.05, 0.1) is 6.61 Å². The highest BCUT2D eigenvalue weighted by Crippen LogP contribution is 2.15. The Balaban J connectivity index is 2.34. The molecule has 0 bridgehead atoms. The molecule has 0 saturated carbocycles. The van der Waals surface area contributed by atoms with Crippen molar-refractivity contribution in [1.82, 2.24) is 19.5 Å². The molecule has 0 spiro atoms. The topological polar surface area (TPSA) is 168 Å². The molecule has 0 radical (unpaired) electrons. The number of nitrogen functional groups attached to an aromatic ring is 1. The van der Waals surface area contributed by atoms with Gasteiger partial charge in [0.25, 0.3) is 5.91 Å². The highest BCUT2D eigenvalue weighted by Gasteiger charge is 2.32. The van der Waals surface area contributed by atoms with Crippen molar-refractivity contribution in [1.29, 1.82) is 0 Å². The molecule has 2 heterocycles. The quantitative estimate of drug-likeness (QED) is 0.396. The summed E-state index contributed by atoms with van der Waals surface area (Å²) in [6.07, 6.45) is -3.26. The number of aliphatic hydroxyl groups is 4. The van der Waals surface area contributed by atoms with E-state index in [2.05, 4.69) is 15.0 Å². The van der Waals surface area contributed by atoms with Crippen LogP contribution in [0.1, 0.15) is 4.79 Å². The van der Waals surface area contributed by atoms with Crippen LogP contribution in [-0.2, 0) is 0 Å². The minimum atomic E-state index is -1.95. The van der Waals surface area contributed by atoms with E-state index in [0.29, 0.717) is 0 Å². The number of nitrogens with zero attached hydrogens (tertiary/aromatic N) is 4. The molecule has 6 N–H and O–H groups in total. The molecule has 10 nitrogen and oxygen atoms in total. The highest BCUT2D eigenvalue weighted by atomic mass is 16.4. The van der Waals surface area contributed by atoms with Crippen molar-refractivity contribution in [3.63, 3.8) is 0 Å². The van der Waals surface area contributed by atoms with Gasteiger partial charge in [-0.2, -0.15) is 0 Å². The van der Waals surface area contributed by atoms with Crippen LogP contribution in [0.2, 0.25) is 0 Å². The third-order valence-electron chi connectivity index (χ3n) is 2.76. The average Bonchev–Trinajstić information content (AvgIpc) is 2.89. The van der Waals surface area contributed by atoms with Crippen molar-refractivity contribution >= 4 is 22.9 Å². The molecule has 0 aliphatic heterocycles. The smallest absolute Gasteiger partial charge is 0.265 e. The van der Waals surface area contributed by atoms with Crippen molar-refractivity contribution in [2.24, 2.45) is 0 Å². The van der Waals surface area contributed by atoms with Gasteiger partial charge in [0, 0.05) is 0 Å². The lowest BCUT2D eigenvalue weighted by molar-refractivity contribution is -0.0667. The maximum Gasteiger partial charge on any atom is 0.265 e. The van der Waals surface area contributed by atoms with Crippen LogP contribution in [0.25, 0.3) is 11.2 Å². The molecule has 0 fully saturated rings. The summed E-state index contributed by atoms with van der Waals surface area (Å²) >= 11 is 0. The fourth-order valence-electron chi connectivity index (χ4n) is 1.62. The molecule has 0 amide bonds. The third kappa shape index (κ3) is 2.32. The van der Waals surface area contributed by atoms with Crippen LogP contribution in [-0.4, -0.2) is 70.8 Å². The van der Waals surface area contributed by atoms with E-state index < -0.39 is 30.8 Å². The van der Waals surface area contributed by atoms with Gasteiger partial charge < -0.3 is 26.2 Å². The lowest BCUT2D eigenvalue weighted by Crippen LogP contribution is -2.45. The van der Waals surface area contributed by atoms with Crippen LogP contribution in [0.5, 0.6) is 0 Å². The molecule has 0 aromatic carbocycles. The van der Waals surface area contributed by atoms with Gasteiger partial charge in [-0.15, -0.1) is 0 Å². The Bertz CT molecular complexity index is 630. The van der Waals surface area contributed by atoms with Gasteiger partial charge >= 0.3 is 0 Å². The number of carbonyl (C=O) groups excluding carboxylic acids is 1. The number of anilines is 1. The summed E-state index contributed by atoms with van der Waals surface area (Å²) < 4.78 is 0.880. The number of nitrogens with two attached hydrogens (primary N) is 1. The Hall–Kier alpha value is -2.14. The van der Waals surface area contributed by atoms with E-state index in [9.17, 15) is 20.1 Å². The maximum absolute atomic E-state index is 12.0. The zero-order valence-electron chi connectivity index (χ0n) is 10.2. The number of aliphatic hydroxyl groups excluding tert-OH is 4. The van der Waals surface area contributed by atoms with Gasteiger partial charge in [-0.1, -0.05) is 0 Å². The second-order valence-electron chi connectivity index (χ2n) is 4.07. The van der Waals surface area contributed by atoms with Crippen molar-refractivity contribution in [3.8, 4) is 0 Å². The summed E-state index contributed by atoms with van der Waals surface area (Å²) in [6.45, 7) is -0.800. The Labute approximate surface area is 112 Å². The van der Waals surface area contributed by atoms with E-state index in [1.54, 1.807) is 0 Å². The predicted octanol–water partition coefficient (Wildman–Crippen LogP) is -2.88. The first-order valence-corrected chi connectivity index (χ1v) is 5.60. The average molecular weight is 283 g/mol. The van der Waals surface area contributed by atoms with E-state index in [0.717, 1.165) is 17.2 Å². The first-order chi connectivity index (χ1) is 9.47. The second-order valence-corrected chi connectivity index (χ2v) is 4.07. The number of carbonyl (C=O) groups is 1. The lowest BCUT2D eigenvalue weighted by Gasteiger charge is -2.20. The minimum Gasteiger partial charge on any atom is -0.394 e. The molecule has 3 atom stereocenters. The molecule has 2 rings (SSSR count). The summed E-state index contributed by atoms with van der Waals surface area (Å²) in [4.78, 5) is 23.4. The van der Waals surface area contributed by atoms with Crippen LogP contribution in [0.3, 0.4) is 0 Å². The molecule has 20 heavy (non-hydrogen) atoms. The Morgan fingerprint density at radius 1 is 1.30 bits per heavy atom. The van der Waals surface area contributed by atoms with E-state index >= 15 is 0 Å². The first kappa shape index (κ1) is 14.3. The van der Waals surface area contributed by atoms with Crippen LogP contribution in [0, 0.1) is 0 Å². The highest BCUT2D eigenvalue weighted by molar-refractivity contribution is 5.93. The summed E-state index contributed by atoms with van der Waals surface area (Å²) in [6, 6.07) is 0. The predicted molar refractivity (Wildman–Crippen MR) is 65.5 cm³/mol. The van der Waals surface area contributed by atoms with Crippen LogP contribution in [0.15, 0.2) is 12.7 Å². The summed E-state index contributed by atoms with van der Waals surface area (Å²) in [5.74, 6) is -0.905. The molecule has 108 valence electrons. The Kier molecular flexibility index (Phi) is 3.90. The second kappa shape index (κ2) is 5.46. The van der Waals surface area contributed by atoms with Crippen LogP contribution >= 0.6 is 0 Å². The summed E-state index contributed by atoms with van der Waals surface area (Å²) in [5.41, 5.74) is 5.79. The summed E-state index contributed by atoms with van der Waals surface area (Å²) in [7, 11) is 0. The van der Waals surface area contributed by atoms with Gasteiger partial charge in [-0.05, 0) is 0 Å². The number of imidazole rings is 1. The number of hydrogen-bond acceptors (Lipinski definition) is 9. The number of hydrogen-bond donors (Lipinski definition) is 5.